The summed E-state index contributed by atoms with van der Waals surface area (Å²) in [4.78, 5) is 63.0. The van der Waals surface area contributed by atoms with Crippen molar-refractivity contribution in [1.82, 2.24) is 20.8 Å². The largest absolute Gasteiger partial charge is 0.396 e. The maximum atomic E-state index is 13.2. The third-order valence-electron chi connectivity index (χ3n) is 6.22. The van der Waals surface area contributed by atoms with Crippen molar-refractivity contribution >= 4 is 23.6 Å². The standard InChI is InChI=1S/C22H34N4O8/c1-15(5-11-27)13-17(29)25-9-3-7-21(33-25)19(31)24-22(20(32)23-21)8-4-10-26(34-22)18(30)14-16(2)6-12-28/h13,16,27-28H,3-12,14H2,1-2H3,(H,23,32)(H,24,31)/b15-13+/t16?,21?,22-/m1/s1. The van der Waals surface area contributed by atoms with E-state index in [1.807, 2.05) is 6.92 Å². The molecular weight excluding hydrogens is 448 g/mol. The van der Waals surface area contributed by atoms with Crippen molar-refractivity contribution in [3.8, 4) is 0 Å². The summed E-state index contributed by atoms with van der Waals surface area (Å²) in [6.45, 7) is 3.92. The van der Waals surface area contributed by atoms with E-state index in [4.69, 9.17) is 19.9 Å². The summed E-state index contributed by atoms with van der Waals surface area (Å²) in [5.41, 5.74) is -2.86. The first kappa shape index (κ1) is 26.1. The van der Waals surface area contributed by atoms with E-state index in [0.29, 0.717) is 31.3 Å². The van der Waals surface area contributed by atoms with Crippen molar-refractivity contribution in [2.24, 2.45) is 5.92 Å². The molecular formula is C22H34N4O8. The molecule has 34 heavy (non-hydrogen) atoms. The number of rotatable bonds is 7. The Hall–Kier alpha value is -2.54. The smallest absolute Gasteiger partial charge is 0.278 e. The van der Waals surface area contributed by atoms with Crippen LogP contribution in [0.1, 0.15) is 58.8 Å². The number of nitrogens with zero attached hydrogens (tertiary/aromatic N) is 2. The van der Waals surface area contributed by atoms with Gasteiger partial charge in [0.1, 0.15) is 0 Å². The number of hydrogen-bond donors (Lipinski definition) is 4. The van der Waals surface area contributed by atoms with E-state index in [2.05, 4.69) is 10.6 Å². The van der Waals surface area contributed by atoms with Gasteiger partial charge in [0.05, 0.1) is 0 Å². The first-order chi connectivity index (χ1) is 16.1. The molecule has 3 aliphatic rings. The topological polar surface area (TPSA) is 158 Å². The van der Waals surface area contributed by atoms with E-state index >= 15 is 0 Å². The fourth-order valence-electron chi connectivity index (χ4n) is 4.25. The van der Waals surface area contributed by atoms with E-state index < -0.39 is 29.2 Å². The number of hydroxylamine groups is 4. The van der Waals surface area contributed by atoms with Crippen LogP contribution in [-0.2, 0) is 28.9 Å². The lowest BCUT2D eigenvalue weighted by atomic mass is 9.95. The first-order valence-electron chi connectivity index (χ1n) is 11.7. The second-order valence-corrected chi connectivity index (χ2v) is 9.17. The Bertz CT molecular complexity index is 849. The molecule has 0 aliphatic carbocycles. The fraction of sp³-hybridized carbons (Fsp3) is 0.727. The zero-order valence-electron chi connectivity index (χ0n) is 19.7. The van der Waals surface area contributed by atoms with Gasteiger partial charge in [0.25, 0.3) is 17.7 Å². The highest BCUT2D eigenvalue weighted by atomic mass is 16.7. The van der Waals surface area contributed by atoms with Gasteiger partial charge in [0, 0.05) is 51.6 Å². The van der Waals surface area contributed by atoms with Crippen LogP contribution in [-0.4, -0.2) is 81.7 Å². The second kappa shape index (κ2) is 10.8. The molecule has 0 aromatic carbocycles. The molecule has 4 amide bonds. The van der Waals surface area contributed by atoms with Crippen molar-refractivity contribution in [3.05, 3.63) is 11.6 Å². The van der Waals surface area contributed by atoms with Gasteiger partial charge in [-0.05, 0) is 38.5 Å². The molecule has 0 aromatic rings. The predicted molar refractivity (Wildman–Crippen MR) is 117 cm³/mol. The van der Waals surface area contributed by atoms with Crippen LogP contribution < -0.4 is 10.6 Å². The highest BCUT2D eigenvalue weighted by Crippen LogP contribution is 2.33. The molecule has 3 fully saturated rings. The van der Waals surface area contributed by atoms with Crippen molar-refractivity contribution in [1.29, 1.82) is 0 Å². The predicted octanol–water partition coefficient (Wildman–Crippen LogP) is -0.530. The van der Waals surface area contributed by atoms with Gasteiger partial charge >= 0.3 is 0 Å². The third kappa shape index (κ3) is 5.57. The average Bonchev–Trinajstić information content (AvgIpc) is 2.78. The molecule has 2 unspecified atom stereocenters. The van der Waals surface area contributed by atoms with Gasteiger partial charge in [-0.25, -0.2) is 19.8 Å². The molecule has 3 heterocycles. The third-order valence-corrected chi connectivity index (χ3v) is 6.22. The lowest BCUT2D eigenvalue weighted by molar-refractivity contribution is -0.292. The van der Waals surface area contributed by atoms with Crippen molar-refractivity contribution < 1.29 is 39.1 Å². The minimum atomic E-state index is -1.76. The molecule has 12 heteroatoms. The highest BCUT2D eigenvalue weighted by molar-refractivity contribution is 6.01. The number of nitrogens with one attached hydrogen (secondary N) is 2. The van der Waals surface area contributed by atoms with Gasteiger partial charge in [-0.1, -0.05) is 12.5 Å². The number of hydrogen-bond acceptors (Lipinski definition) is 8. The molecule has 3 rings (SSSR count). The Kier molecular flexibility index (Phi) is 8.29. The van der Waals surface area contributed by atoms with E-state index in [1.54, 1.807) is 6.92 Å². The maximum absolute atomic E-state index is 13.2. The molecule has 0 saturated carbocycles. The quantitative estimate of drug-likeness (QED) is 0.353. The summed E-state index contributed by atoms with van der Waals surface area (Å²) in [7, 11) is 0. The number of piperazine rings is 1. The highest BCUT2D eigenvalue weighted by Gasteiger charge is 2.59. The summed E-state index contributed by atoms with van der Waals surface area (Å²) in [6.07, 6.45) is 3.42. The van der Waals surface area contributed by atoms with E-state index in [-0.39, 0.29) is 57.4 Å². The molecule has 0 aromatic heterocycles. The van der Waals surface area contributed by atoms with E-state index in [9.17, 15) is 19.2 Å². The monoisotopic (exact) mass is 482 g/mol. The van der Waals surface area contributed by atoms with E-state index in [1.165, 1.54) is 6.08 Å². The summed E-state index contributed by atoms with van der Waals surface area (Å²) in [5, 5.41) is 25.4. The number of aliphatic hydroxyl groups excluding tert-OH is 2. The van der Waals surface area contributed by atoms with Crippen LogP contribution >= 0.6 is 0 Å². The van der Waals surface area contributed by atoms with E-state index in [0.717, 1.165) is 10.1 Å². The van der Waals surface area contributed by atoms with Crippen LogP contribution in [0.15, 0.2) is 11.6 Å². The zero-order chi connectivity index (χ0) is 24.9. The van der Waals surface area contributed by atoms with Gasteiger partial charge in [0.15, 0.2) is 0 Å². The van der Waals surface area contributed by atoms with Crippen LogP contribution in [0.2, 0.25) is 0 Å². The zero-order valence-corrected chi connectivity index (χ0v) is 19.7. The van der Waals surface area contributed by atoms with Gasteiger partial charge < -0.3 is 20.8 Å². The molecule has 0 bridgehead atoms. The summed E-state index contributed by atoms with van der Waals surface area (Å²) in [6, 6.07) is 0. The Balaban J connectivity index is 1.70. The summed E-state index contributed by atoms with van der Waals surface area (Å²) < 4.78 is 0. The molecule has 2 spiro atoms. The fourth-order valence-corrected chi connectivity index (χ4v) is 4.25. The Morgan fingerprint density at radius 3 is 2.15 bits per heavy atom. The molecule has 12 nitrogen and oxygen atoms in total. The van der Waals surface area contributed by atoms with Crippen LogP contribution in [0.4, 0.5) is 0 Å². The molecule has 190 valence electrons. The van der Waals surface area contributed by atoms with Crippen molar-refractivity contribution in [2.75, 3.05) is 26.3 Å². The number of aliphatic hydroxyl groups is 2. The number of carbonyl (C=O) groups excluding carboxylic acids is 4. The van der Waals surface area contributed by atoms with Crippen LogP contribution in [0.25, 0.3) is 0 Å². The van der Waals surface area contributed by atoms with Gasteiger partial charge in [0.2, 0.25) is 17.4 Å². The van der Waals surface area contributed by atoms with Crippen LogP contribution in [0, 0.1) is 5.92 Å². The lowest BCUT2D eigenvalue weighted by Crippen LogP contribution is -2.79. The Morgan fingerprint density at radius 1 is 1.03 bits per heavy atom. The molecule has 3 aliphatic heterocycles. The lowest BCUT2D eigenvalue weighted by Gasteiger charge is -2.49. The molecule has 0 radical (unpaired) electrons. The Morgan fingerprint density at radius 2 is 1.59 bits per heavy atom. The number of carbonyl (C=O) groups is 4. The molecule has 3 saturated heterocycles. The number of amides is 4. The summed E-state index contributed by atoms with van der Waals surface area (Å²) >= 11 is 0. The minimum Gasteiger partial charge on any atom is -0.396 e. The van der Waals surface area contributed by atoms with Crippen molar-refractivity contribution in [3.63, 3.8) is 0 Å². The Labute approximate surface area is 198 Å². The van der Waals surface area contributed by atoms with Crippen molar-refractivity contribution in [2.45, 2.75) is 70.2 Å². The normalized spacial score (nSPS) is 28.6. The minimum absolute atomic E-state index is 0.0316. The van der Waals surface area contributed by atoms with Gasteiger partial charge in [-0.2, -0.15) is 0 Å². The average molecular weight is 483 g/mol. The summed E-state index contributed by atoms with van der Waals surface area (Å²) in [5.74, 6) is -2.21. The van der Waals surface area contributed by atoms with Crippen LogP contribution in [0.3, 0.4) is 0 Å². The molecule has 3 atom stereocenters. The first-order valence-corrected chi connectivity index (χ1v) is 11.7. The van der Waals surface area contributed by atoms with Gasteiger partial charge in [-0.15, -0.1) is 0 Å². The maximum Gasteiger partial charge on any atom is 0.278 e. The van der Waals surface area contributed by atoms with Gasteiger partial charge in [-0.3, -0.25) is 19.2 Å². The second-order valence-electron chi connectivity index (χ2n) is 9.17. The molecule has 4 N–H and O–H groups in total. The SMILES string of the molecule is C/C(=C\C(=O)N1CCCC2(NC(=O)[C@]3(CCCN(C(=O)CC(C)CCO)O3)NC2=O)O1)CCO. The van der Waals surface area contributed by atoms with Crippen LogP contribution in [0.5, 0.6) is 0 Å².